The number of nitrogens with one attached hydrogen (secondary N) is 6. The highest BCUT2D eigenvalue weighted by Gasteiger charge is 2.57. The number of likely N-dealkylation sites (tertiary alicyclic amines) is 1. The van der Waals surface area contributed by atoms with Gasteiger partial charge in [-0.15, -0.1) is 0 Å². The standard InChI is InChI=1S/C56H96N8O20/c1-29(2)77-46(70)61-33-21-20-32(25-57-24-31-22-30(59-47(71)81-52(6,7)8)27-64(31)50(74)84-55(15,16)17)78-40(33)37-34(62-48(72)82-53(9,10)11)23-35(60-43(68)36(65)26-58-45(69)80-51(3,4)5)41(38(37)66)79-44-39(67)42(56(18,75)28-76-44)63(19)49(73)83-54(12,13)14/h20,30-31,33-42,44,57,65-67,75H,1,21-28H2,2-19H3,(H,58,69)(H,59,71)(H,60,68)(H,61,70)(H,62,72)/t30-,31-,33+,34-,35+,36-,37+,38-,39+,40?,41-,42+,44+,56-/m0/s1. The van der Waals surface area contributed by atoms with Gasteiger partial charge in [0.25, 0.3) is 5.91 Å². The summed E-state index contributed by atoms with van der Waals surface area (Å²) in [5.74, 6) is -2.15. The molecule has 3 heterocycles. The highest BCUT2D eigenvalue weighted by atomic mass is 16.7. The second-order valence-electron chi connectivity index (χ2n) is 27.1. The minimum atomic E-state index is -1.94. The number of carbonyl (C=O) groups is 7. The minimum absolute atomic E-state index is 0.0162. The number of carbonyl (C=O) groups excluding carboxylic acids is 7. The molecule has 3 aliphatic heterocycles. The van der Waals surface area contributed by atoms with E-state index in [9.17, 15) is 54.0 Å². The van der Waals surface area contributed by atoms with Gasteiger partial charge in [-0.3, -0.25) is 4.79 Å². The lowest BCUT2D eigenvalue weighted by molar-refractivity contribution is -0.305. The molecule has 2 saturated heterocycles. The van der Waals surface area contributed by atoms with Crippen molar-refractivity contribution in [3.05, 3.63) is 24.2 Å². The maximum absolute atomic E-state index is 14.0. The molecule has 0 aromatic heterocycles. The smallest absolute Gasteiger partial charge is 0.412 e. The van der Waals surface area contributed by atoms with Gasteiger partial charge in [0.2, 0.25) is 0 Å². The second-order valence-corrected chi connectivity index (χ2v) is 27.1. The Hall–Kier alpha value is -5.91. The lowest BCUT2D eigenvalue weighted by Gasteiger charge is -2.52. The van der Waals surface area contributed by atoms with Crippen LogP contribution in [0.25, 0.3) is 0 Å². The Morgan fingerprint density at radius 1 is 0.750 bits per heavy atom. The van der Waals surface area contributed by atoms with Crippen LogP contribution < -0.4 is 31.9 Å². The van der Waals surface area contributed by atoms with Gasteiger partial charge in [-0.2, -0.15) is 0 Å². The third-order valence-corrected chi connectivity index (χ3v) is 13.1. The summed E-state index contributed by atoms with van der Waals surface area (Å²) in [7, 11) is 1.30. The molecule has 1 saturated carbocycles. The van der Waals surface area contributed by atoms with Crippen LogP contribution in [-0.4, -0.2) is 219 Å². The zero-order chi connectivity index (χ0) is 63.8. The van der Waals surface area contributed by atoms with Crippen LogP contribution in [0, 0.1) is 5.92 Å². The highest BCUT2D eigenvalue weighted by Crippen LogP contribution is 2.39. The van der Waals surface area contributed by atoms with E-state index in [4.69, 9.17) is 42.6 Å². The van der Waals surface area contributed by atoms with Crippen molar-refractivity contribution in [3.8, 4) is 0 Å². The van der Waals surface area contributed by atoms with Crippen molar-refractivity contribution in [1.82, 2.24) is 41.7 Å². The maximum atomic E-state index is 14.0. The molecular formula is C56H96N8O20. The van der Waals surface area contributed by atoms with Gasteiger partial charge >= 0.3 is 36.6 Å². The molecule has 1 unspecified atom stereocenters. The number of hydrogen-bond donors (Lipinski definition) is 10. The second kappa shape index (κ2) is 28.1. The van der Waals surface area contributed by atoms with Gasteiger partial charge in [0.15, 0.2) is 6.29 Å². The van der Waals surface area contributed by atoms with Gasteiger partial charge in [0.05, 0.1) is 55.7 Å². The summed E-state index contributed by atoms with van der Waals surface area (Å²) in [4.78, 5) is 96.4. The first kappa shape index (κ1) is 70.6. The van der Waals surface area contributed by atoms with Crippen molar-refractivity contribution >= 4 is 42.5 Å². The normalized spacial score (nSPS) is 28.8. The molecule has 10 N–H and O–H groups in total. The lowest BCUT2D eigenvalue weighted by atomic mass is 9.72. The first-order valence-corrected chi connectivity index (χ1v) is 28.3. The molecule has 28 heteroatoms. The SMILES string of the molecule is C=C(C)OC(=O)N[C@@H]1CC=C(CNC[C@@H]2C[C@H](NC(=O)OC(C)(C)C)CN2C(=O)OC(C)(C)C)OC1[C@H]1[C@H](O)[C@@H](O[C@H]2OC[C@](C)(O)[C@H](N(C)C(=O)OC(C)(C)C)[C@H]2O)[C@H](NC(=O)[C@@H](O)CNC(=O)OC(C)(C)C)C[C@@H]1NC(=O)OC(C)(C)C. The van der Waals surface area contributed by atoms with Crippen LogP contribution in [-0.2, 0) is 47.4 Å². The van der Waals surface area contributed by atoms with E-state index in [2.05, 4.69) is 38.5 Å². The Morgan fingerprint density at radius 3 is 1.86 bits per heavy atom. The highest BCUT2D eigenvalue weighted by molar-refractivity contribution is 5.82. The van der Waals surface area contributed by atoms with Crippen LogP contribution >= 0.6 is 0 Å². The summed E-state index contributed by atoms with van der Waals surface area (Å²) < 4.78 is 52.3. The summed E-state index contributed by atoms with van der Waals surface area (Å²) in [5.41, 5.74) is -6.51. The van der Waals surface area contributed by atoms with Crippen molar-refractivity contribution < 1.29 is 96.6 Å². The molecule has 84 heavy (non-hydrogen) atoms. The molecule has 4 rings (SSSR count). The predicted octanol–water partition coefficient (Wildman–Crippen LogP) is 3.51. The van der Waals surface area contributed by atoms with Crippen molar-refractivity contribution in [2.75, 3.05) is 39.8 Å². The van der Waals surface area contributed by atoms with Crippen molar-refractivity contribution in [1.29, 1.82) is 0 Å². The first-order chi connectivity index (χ1) is 38.3. The Labute approximate surface area is 493 Å². The van der Waals surface area contributed by atoms with E-state index in [1.54, 1.807) is 110 Å². The fourth-order valence-electron chi connectivity index (χ4n) is 10.0. The number of nitrogens with zero attached hydrogens (tertiary/aromatic N) is 2. The van der Waals surface area contributed by atoms with Crippen LogP contribution in [0.15, 0.2) is 24.2 Å². The van der Waals surface area contributed by atoms with Gasteiger partial charge < -0.3 is 105 Å². The number of likely N-dealkylation sites (N-methyl/N-ethyl adjacent to an activating group) is 1. The Bertz CT molecular complexity index is 2350. The molecule has 0 radical (unpaired) electrons. The molecule has 14 atom stereocenters. The minimum Gasteiger partial charge on any atom is -0.491 e. The molecule has 1 aliphatic carbocycles. The topological polar surface area (TPSA) is 362 Å². The van der Waals surface area contributed by atoms with Crippen LogP contribution in [0.2, 0.25) is 0 Å². The summed E-state index contributed by atoms with van der Waals surface area (Å²) >= 11 is 0. The summed E-state index contributed by atoms with van der Waals surface area (Å²) in [6, 6.07) is -6.25. The number of hydrogen-bond acceptors (Lipinski definition) is 21. The van der Waals surface area contributed by atoms with Crippen LogP contribution in [0.4, 0.5) is 28.8 Å². The van der Waals surface area contributed by atoms with Crippen molar-refractivity contribution in [3.63, 3.8) is 0 Å². The molecular weight excluding hydrogens is 1100 g/mol. The van der Waals surface area contributed by atoms with Gasteiger partial charge in [-0.1, -0.05) is 6.58 Å². The molecule has 4 aliphatic rings. The monoisotopic (exact) mass is 1200 g/mol. The van der Waals surface area contributed by atoms with E-state index in [-0.39, 0.29) is 44.0 Å². The zero-order valence-electron chi connectivity index (χ0n) is 52.2. The first-order valence-electron chi connectivity index (χ1n) is 28.3. The Morgan fingerprint density at radius 2 is 1.30 bits per heavy atom. The predicted molar refractivity (Wildman–Crippen MR) is 302 cm³/mol. The largest absolute Gasteiger partial charge is 0.491 e. The van der Waals surface area contributed by atoms with E-state index in [1.165, 1.54) is 25.8 Å². The van der Waals surface area contributed by atoms with Crippen LogP contribution in [0.5, 0.6) is 0 Å². The maximum Gasteiger partial charge on any atom is 0.412 e. The summed E-state index contributed by atoms with van der Waals surface area (Å²) in [5, 5.41) is 64.7. The van der Waals surface area contributed by atoms with E-state index in [1.807, 2.05) is 0 Å². The van der Waals surface area contributed by atoms with Gasteiger partial charge in [0.1, 0.15) is 63.8 Å². The number of aliphatic hydroxyl groups excluding tert-OH is 3. The molecule has 28 nitrogen and oxygen atoms in total. The quantitative estimate of drug-likeness (QED) is 0.0780. The van der Waals surface area contributed by atoms with E-state index in [0.717, 1.165) is 4.90 Å². The molecule has 0 spiro atoms. The molecule has 7 amide bonds. The number of alkyl carbamates (subject to hydrolysis) is 4. The van der Waals surface area contributed by atoms with Gasteiger partial charge in [-0.25, -0.2) is 28.8 Å². The van der Waals surface area contributed by atoms with E-state index < -0.39 is 168 Å². The molecule has 480 valence electrons. The molecule has 0 bridgehead atoms. The average molecular weight is 1200 g/mol. The summed E-state index contributed by atoms with van der Waals surface area (Å²) in [6.07, 6.45) is -13.9. The number of aliphatic hydroxyl groups is 4. The van der Waals surface area contributed by atoms with E-state index >= 15 is 0 Å². The lowest BCUT2D eigenvalue weighted by Crippen LogP contribution is -2.71. The Kier molecular flexibility index (Phi) is 23.6. The average Bonchev–Trinajstić information content (AvgIpc) is 2.03. The van der Waals surface area contributed by atoms with Gasteiger partial charge in [-0.05, 0) is 143 Å². The van der Waals surface area contributed by atoms with Crippen molar-refractivity contribution in [2.45, 2.75) is 244 Å². The number of amides is 7. The van der Waals surface area contributed by atoms with Gasteiger partial charge in [0, 0.05) is 38.1 Å². The van der Waals surface area contributed by atoms with Crippen LogP contribution in [0.1, 0.15) is 137 Å². The fourth-order valence-corrected chi connectivity index (χ4v) is 10.0. The third-order valence-electron chi connectivity index (χ3n) is 13.1. The number of ether oxygens (including phenoxy) is 9. The van der Waals surface area contributed by atoms with Crippen molar-refractivity contribution in [2.24, 2.45) is 5.92 Å². The Balaban J connectivity index is 1.80. The number of rotatable bonds is 16. The third kappa shape index (κ3) is 22.2. The zero-order valence-corrected chi connectivity index (χ0v) is 52.2. The molecule has 0 aromatic carbocycles. The number of allylic oxidation sites excluding steroid dienone is 1. The van der Waals surface area contributed by atoms with E-state index in [0.29, 0.717) is 6.42 Å². The van der Waals surface area contributed by atoms with Crippen LogP contribution in [0.3, 0.4) is 0 Å². The fraction of sp³-hybridized carbons (Fsp3) is 0.804. The molecule has 3 fully saturated rings. The summed E-state index contributed by atoms with van der Waals surface area (Å²) in [6.45, 7) is 30.5. The molecule has 0 aromatic rings.